The van der Waals surface area contributed by atoms with E-state index in [-0.39, 0.29) is 11.3 Å². The van der Waals surface area contributed by atoms with Gasteiger partial charge in [-0.3, -0.25) is 9.78 Å². The third kappa shape index (κ3) is 3.59. The van der Waals surface area contributed by atoms with Gasteiger partial charge >= 0.3 is 0 Å². The van der Waals surface area contributed by atoms with E-state index >= 15 is 0 Å². The van der Waals surface area contributed by atoms with E-state index in [0.717, 1.165) is 43.9 Å². The topological polar surface area (TPSA) is 45.2 Å². The Bertz CT molecular complexity index is 685. The second-order valence-corrected chi connectivity index (χ2v) is 6.67. The molecule has 1 saturated carbocycles. The van der Waals surface area contributed by atoms with Gasteiger partial charge in [-0.05, 0) is 50.4 Å². The Hall–Kier alpha value is -2.20. The van der Waals surface area contributed by atoms with E-state index in [2.05, 4.69) is 36.3 Å². The van der Waals surface area contributed by atoms with Crippen LogP contribution in [0.2, 0.25) is 0 Å². The van der Waals surface area contributed by atoms with Gasteiger partial charge in [0.2, 0.25) is 5.91 Å². The summed E-state index contributed by atoms with van der Waals surface area (Å²) in [5.74, 6) is 0.611. The molecule has 25 heavy (non-hydrogen) atoms. The summed E-state index contributed by atoms with van der Waals surface area (Å²) < 4.78 is 0. The predicted octanol–water partition coefficient (Wildman–Crippen LogP) is 3.00. The Morgan fingerprint density at radius 3 is 2.52 bits per heavy atom. The Morgan fingerprint density at radius 2 is 1.88 bits per heavy atom. The van der Waals surface area contributed by atoms with Gasteiger partial charge in [-0.15, -0.1) is 0 Å². The lowest BCUT2D eigenvalue weighted by atomic mass is 9.91. The second-order valence-electron chi connectivity index (χ2n) is 6.67. The monoisotopic (exact) mass is 337 g/mol. The SMILES string of the molecule is CCN(CC)C(=O)C1(c2ccccc2)CC1CNCc1ccccn1. The maximum Gasteiger partial charge on any atom is 0.233 e. The number of nitrogens with one attached hydrogen (secondary N) is 1. The fourth-order valence-electron chi connectivity index (χ4n) is 3.72. The normalized spacial score (nSPS) is 21.8. The van der Waals surface area contributed by atoms with Gasteiger partial charge in [-0.1, -0.05) is 36.4 Å². The highest BCUT2D eigenvalue weighted by molar-refractivity contribution is 5.92. The van der Waals surface area contributed by atoms with Crippen molar-refractivity contribution >= 4 is 5.91 Å². The molecule has 0 spiro atoms. The first kappa shape index (κ1) is 17.6. The van der Waals surface area contributed by atoms with Crippen molar-refractivity contribution in [2.24, 2.45) is 5.92 Å². The number of likely N-dealkylation sites (N-methyl/N-ethyl adjacent to an activating group) is 1. The zero-order valence-corrected chi connectivity index (χ0v) is 15.1. The molecule has 132 valence electrons. The number of hydrogen-bond acceptors (Lipinski definition) is 3. The number of benzene rings is 1. The molecule has 0 radical (unpaired) electrons. The van der Waals surface area contributed by atoms with Gasteiger partial charge in [0.25, 0.3) is 0 Å². The molecule has 4 nitrogen and oxygen atoms in total. The highest BCUT2D eigenvalue weighted by Crippen LogP contribution is 2.55. The smallest absolute Gasteiger partial charge is 0.233 e. The number of amides is 1. The fourth-order valence-corrected chi connectivity index (χ4v) is 3.72. The first-order valence-electron chi connectivity index (χ1n) is 9.17. The summed E-state index contributed by atoms with van der Waals surface area (Å²) in [5, 5.41) is 3.48. The number of pyridine rings is 1. The van der Waals surface area contributed by atoms with Crippen LogP contribution in [0.4, 0.5) is 0 Å². The zero-order chi connectivity index (χ0) is 17.7. The van der Waals surface area contributed by atoms with E-state index in [9.17, 15) is 4.79 Å². The van der Waals surface area contributed by atoms with E-state index in [4.69, 9.17) is 0 Å². The summed E-state index contributed by atoms with van der Waals surface area (Å²) in [6, 6.07) is 16.2. The van der Waals surface area contributed by atoms with E-state index in [1.54, 1.807) is 0 Å². The summed E-state index contributed by atoms with van der Waals surface area (Å²) in [6.45, 7) is 7.20. The first-order valence-corrected chi connectivity index (χ1v) is 9.17. The minimum atomic E-state index is -0.357. The van der Waals surface area contributed by atoms with Crippen LogP contribution in [0.5, 0.6) is 0 Å². The van der Waals surface area contributed by atoms with Crippen LogP contribution in [0.25, 0.3) is 0 Å². The van der Waals surface area contributed by atoms with Crippen LogP contribution in [-0.4, -0.2) is 35.4 Å². The molecule has 1 aliphatic rings. The molecule has 1 amide bonds. The summed E-state index contributed by atoms with van der Waals surface area (Å²) >= 11 is 0. The van der Waals surface area contributed by atoms with Crippen molar-refractivity contribution in [1.29, 1.82) is 0 Å². The molecule has 1 heterocycles. The van der Waals surface area contributed by atoms with Gasteiger partial charge in [0.1, 0.15) is 0 Å². The van der Waals surface area contributed by atoms with Crippen molar-refractivity contribution in [3.8, 4) is 0 Å². The highest BCUT2D eigenvalue weighted by atomic mass is 16.2. The Balaban J connectivity index is 1.71. The molecule has 0 aliphatic heterocycles. The Kier molecular flexibility index (Phi) is 5.49. The van der Waals surface area contributed by atoms with E-state index < -0.39 is 0 Å². The van der Waals surface area contributed by atoms with Crippen LogP contribution in [0.15, 0.2) is 54.7 Å². The number of carbonyl (C=O) groups is 1. The number of rotatable bonds is 8. The molecule has 0 saturated heterocycles. The minimum absolute atomic E-state index is 0.272. The number of nitrogens with zero attached hydrogens (tertiary/aromatic N) is 2. The fraction of sp³-hybridized carbons (Fsp3) is 0.429. The Labute approximate surface area is 150 Å². The van der Waals surface area contributed by atoms with Crippen molar-refractivity contribution in [1.82, 2.24) is 15.2 Å². The lowest BCUT2D eigenvalue weighted by molar-refractivity contribution is -0.134. The van der Waals surface area contributed by atoms with E-state index in [1.807, 2.05) is 47.5 Å². The van der Waals surface area contributed by atoms with Gasteiger partial charge in [0.05, 0.1) is 11.1 Å². The van der Waals surface area contributed by atoms with E-state index in [0.29, 0.717) is 5.92 Å². The van der Waals surface area contributed by atoms with Crippen LogP contribution in [0, 0.1) is 5.92 Å². The summed E-state index contributed by atoms with van der Waals surface area (Å²) in [7, 11) is 0. The molecule has 1 N–H and O–H groups in total. The molecule has 1 aromatic carbocycles. The molecule has 0 bridgehead atoms. The zero-order valence-electron chi connectivity index (χ0n) is 15.1. The third-order valence-corrected chi connectivity index (χ3v) is 5.25. The van der Waals surface area contributed by atoms with Crippen molar-refractivity contribution in [2.75, 3.05) is 19.6 Å². The first-order chi connectivity index (χ1) is 12.2. The maximum absolute atomic E-state index is 13.2. The number of hydrogen-bond donors (Lipinski definition) is 1. The molecule has 4 heteroatoms. The number of aromatic nitrogens is 1. The van der Waals surface area contributed by atoms with Crippen molar-refractivity contribution in [3.05, 3.63) is 66.0 Å². The van der Waals surface area contributed by atoms with Crippen LogP contribution in [-0.2, 0) is 16.8 Å². The lowest BCUT2D eigenvalue weighted by Crippen LogP contribution is -2.41. The quantitative estimate of drug-likeness (QED) is 0.805. The van der Waals surface area contributed by atoms with Crippen LogP contribution in [0.1, 0.15) is 31.5 Å². The molecule has 2 aromatic rings. The average molecular weight is 337 g/mol. The largest absolute Gasteiger partial charge is 0.342 e. The van der Waals surface area contributed by atoms with Gasteiger partial charge < -0.3 is 10.2 Å². The Morgan fingerprint density at radius 1 is 1.16 bits per heavy atom. The van der Waals surface area contributed by atoms with Gasteiger partial charge in [0.15, 0.2) is 0 Å². The molecule has 2 unspecified atom stereocenters. The van der Waals surface area contributed by atoms with Gasteiger partial charge in [0, 0.05) is 25.8 Å². The van der Waals surface area contributed by atoms with E-state index in [1.165, 1.54) is 0 Å². The lowest BCUT2D eigenvalue weighted by Gasteiger charge is -2.26. The standard InChI is InChI=1S/C21H27N3O/c1-3-24(4-2)20(25)21(17-10-6-5-7-11-17)14-18(21)15-22-16-19-12-8-9-13-23-19/h5-13,18,22H,3-4,14-16H2,1-2H3. The van der Waals surface area contributed by atoms with Crippen LogP contribution < -0.4 is 5.32 Å². The molecular weight excluding hydrogens is 310 g/mol. The predicted molar refractivity (Wildman–Crippen MR) is 100 cm³/mol. The molecule has 1 aliphatic carbocycles. The van der Waals surface area contributed by atoms with Gasteiger partial charge in [-0.25, -0.2) is 0 Å². The minimum Gasteiger partial charge on any atom is -0.342 e. The van der Waals surface area contributed by atoms with Crippen molar-refractivity contribution in [3.63, 3.8) is 0 Å². The third-order valence-electron chi connectivity index (χ3n) is 5.25. The molecule has 2 atom stereocenters. The summed E-state index contributed by atoms with van der Waals surface area (Å²) in [4.78, 5) is 19.5. The molecule has 1 aromatic heterocycles. The molecular formula is C21H27N3O. The van der Waals surface area contributed by atoms with Crippen LogP contribution in [0.3, 0.4) is 0 Å². The van der Waals surface area contributed by atoms with Gasteiger partial charge in [-0.2, -0.15) is 0 Å². The average Bonchev–Trinajstić information content (AvgIpc) is 3.40. The number of carbonyl (C=O) groups excluding carboxylic acids is 1. The molecule has 1 fully saturated rings. The van der Waals surface area contributed by atoms with Crippen molar-refractivity contribution < 1.29 is 4.79 Å². The summed E-state index contributed by atoms with van der Waals surface area (Å²) in [6.07, 6.45) is 2.73. The maximum atomic E-state index is 13.2. The summed E-state index contributed by atoms with van der Waals surface area (Å²) in [5.41, 5.74) is 1.82. The highest BCUT2D eigenvalue weighted by Gasteiger charge is 2.61. The molecule has 3 rings (SSSR count). The van der Waals surface area contributed by atoms with Crippen molar-refractivity contribution in [2.45, 2.75) is 32.2 Å². The van der Waals surface area contributed by atoms with Crippen LogP contribution >= 0.6 is 0 Å². The second kappa shape index (κ2) is 7.79.